The van der Waals surface area contributed by atoms with E-state index < -0.39 is 23.4 Å². The molecule has 1 aliphatic heterocycles. The molecule has 1 fully saturated rings. The van der Waals surface area contributed by atoms with Crippen molar-refractivity contribution in [3.8, 4) is 5.75 Å². The van der Waals surface area contributed by atoms with Crippen LogP contribution in [0.1, 0.15) is 25.8 Å². The molecule has 1 atom stereocenters. The van der Waals surface area contributed by atoms with Crippen molar-refractivity contribution in [3.05, 3.63) is 29.8 Å². The second kappa shape index (κ2) is 7.57. The summed E-state index contributed by atoms with van der Waals surface area (Å²) >= 11 is 1.39. The zero-order valence-electron chi connectivity index (χ0n) is 13.9. The minimum absolute atomic E-state index is 0.136. The lowest BCUT2D eigenvalue weighted by atomic mass is 10.00. The fourth-order valence-corrected chi connectivity index (χ4v) is 2.97. The van der Waals surface area contributed by atoms with Crippen molar-refractivity contribution in [1.82, 2.24) is 15.8 Å². The van der Waals surface area contributed by atoms with Gasteiger partial charge in [0.15, 0.2) is 0 Å². The number of nitrogens with zero attached hydrogens (tertiary/aromatic N) is 1. The molecule has 1 unspecified atom stereocenters. The highest BCUT2D eigenvalue weighted by Crippen LogP contribution is 2.20. The van der Waals surface area contributed by atoms with Crippen LogP contribution in [-0.4, -0.2) is 41.3 Å². The Balaban J connectivity index is 1.83. The number of ether oxygens (including phenoxy) is 1. The van der Waals surface area contributed by atoms with E-state index in [4.69, 9.17) is 4.74 Å². The Bertz CT molecular complexity index is 652. The second-order valence-corrected chi connectivity index (χ2v) is 6.62. The third-order valence-corrected chi connectivity index (χ3v) is 4.84. The molecule has 4 amide bonds. The lowest BCUT2D eigenvalue weighted by Gasteiger charge is -2.19. The first-order valence-electron chi connectivity index (χ1n) is 7.56. The number of nitrogens with one attached hydrogen (secondary N) is 2. The van der Waals surface area contributed by atoms with Crippen LogP contribution >= 0.6 is 11.8 Å². The number of amides is 4. The van der Waals surface area contributed by atoms with Gasteiger partial charge in [-0.15, -0.1) is 11.8 Å². The summed E-state index contributed by atoms with van der Waals surface area (Å²) in [6.45, 7) is 3.43. The summed E-state index contributed by atoms with van der Waals surface area (Å²) in [7, 11) is 1.60. The molecule has 24 heavy (non-hydrogen) atoms. The van der Waals surface area contributed by atoms with E-state index in [2.05, 4.69) is 10.7 Å². The van der Waals surface area contributed by atoms with E-state index in [9.17, 15) is 14.4 Å². The van der Waals surface area contributed by atoms with E-state index >= 15 is 0 Å². The van der Waals surface area contributed by atoms with Crippen molar-refractivity contribution in [3.63, 3.8) is 0 Å². The van der Waals surface area contributed by atoms with Crippen LogP contribution < -0.4 is 15.5 Å². The first kappa shape index (κ1) is 18.1. The predicted octanol–water partition coefficient (Wildman–Crippen LogP) is 1.68. The number of hydrazine groups is 1. The Kier molecular flexibility index (Phi) is 5.71. The molecule has 0 bridgehead atoms. The minimum Gasteiger partial charge on any atom is -0.497 e. The monoisotopic (exact) mass is 351 g/mol. The molecule has 0 aliphatic carbocycles. The third-order valence-electron chi connectivity index (χ3n) is 3.84. The normalized spacial score (nSPS) is 20.0. The van der Waals surface area contributed by atoms with Gasteiger partial charge < -0.3 is 10.1 Å². The third kappa shape index (κ3) is 4.00. The summed E-state index contributed by atoms with van der Waals surface area (Å²) in [5.41, 5.74) is 2.43. The summed E-state index contributed by atoms with van der Waals surface area (Å²) in [5, 5.41) is 3.34. The van der Waals surface area contributed by atoms with Crippen LogP contribution in [0.5, 0.6) is 5.75 Å². The lowest BCUT2D eigenvalue weighted by Crippen LogP contribution is -2.49. The molecule has 0 radical (unpaired) electrons. The molecule has 1 saturated heterocycles. The molecule has 0 spiro atoms. The van der Waals surface area contributed by atoms with Crippen LogP contribution in [0.25, 0.3) is 0 Å². The zero-order chi connectivity index (χ0) is 17.7. The Hall–Kier alpha value is -2.22. The van der Waals surface area contributed by atoms with Gasteiger partial charge in [0.2, 0.25) is 5.91 Å². The first-order valence-corrected chi connectivity index (χ1v) is 8.72. The second-order valence-electron chi connectivity index (χ2n) is 5.64. The van der Waals surface area contributed by atoms with Gasteiger partial charge in [0.25, 0.3) is 5.91 Å². The number of methoxy groups -OCH3 is 1. The number of carbonyl (C=O) groups is 3. The van der Waals surface area contributed by atoms with Gasteiger partial charge in [0.1, 0.15) is 11.3 Å². The molecule has 130 valence electrons. The van der Waals surface area contributed by atoms with Crippen molar-refractivity contribution < 1.29 is 19.1 Å². The molecule has 1 aromatic rings. The Morgan fingerprint density at radius 2 is 2.17 bits per heavy atom. The molecule has 2 N–H and O–H groups in total. The van der Waals surface area contributed by atoms with E-state index in [1.165, 1.54) is 11.8 Å². The minimum atomic E-state index is -0.960. The van der Waals surface area contributed by atoms with Gasteiger partial charge in [-0.3, -0.25) is 15.0 Å². The summed E-state index contributed by atoms with van der Waals surface area (Å²) in [6, 6.07) is 6.97. The molecule has 1 aliphatic rings. The number of imide groups is 1. The maximum Gasteiger partial charge on any atom is 0.344 e. The topological polar surface area (TPSA) is 87.7 Å². The summed E-state index contributed by atoms with van der Waals surface area (Å²) in [5.74, 6) is 0.679. The molecule has 0 saturated carbocycles. The maximum atomic E-state index is 12.2. The first-order chi connectivity index (χ1) is 11.4. The average Bonchev–Trinajstić information content (AvgIpc) is 2.79. The summed E-state index contributed by atoms with van der Waals surface area (Å²) in [4.78, 5) is 36.0. The van der Waals surface area contributed by atoms with E-state index in [0.29, 0.717) is 12.2 Å². The number of urea groups is 1. The number of thioether (sulfide) groups is 1. The molecule has 1 heterocycles. The van der Waals surface area contributed by atoms with Crippen molar-refractivity contribution in [2.75, 3.05) is 12.9 Å². The molecule has 0 aromatic heterocycles. The zero-order valence-corrected chi connectivity index (χ0v) is 14.7. The fraction of sp³-hybridized carbons (Fsp3) is 0.438. The highest BCUT2D eigenvalue weighted by Gasteiger charge is 2.47. The quantitative estimate of drug-likeness (QED) is 0.730. The summed E-state index contributed by atoms with van der Waals surface area (Å²) in [6.07, 6.45) is 0.453. The Labute approximate surface area is 145 Å². The standard InChI is InChI=1S/C16H21N3O4S/c1-4-16(2)14(21)19(15(22)17-16)18-13(20)10-24-9-11-6-5-7-12(8-11)23-3/h5-8H,4,9-10H2,1-3H3,(H,17,22)(H,18,20). The summed E-state index contributed by atoms with van der Waals surface area (Å²) < 4.78 is 5.15. The van der Waals surface area contributed by atoms with Gasteiger partial charge >= 0.3 is 6.03 Å². The van der Waals surface area contributed by atoms with Crippen LogP contribution in [-0.2, 0) is 15.3 Å². The molecular weight excluding hydrogens is 330 g/mol. The van der Waals surface area contributed by atoms with Gasteiger partial charge in [0.05, 0.1) is 12.9 Å². The maximum absolute atomic E-state index is 12.2. The van der Waals surface area contributed by atoms with Gasteiger partial charge in [-0.05, 0) is 31.0 Å². The SMILES string of the molecule is CCC1(C)NC(=O)N(NC(=O)CSCc2cccc(OC)c2)C1=O. The smallest absolute Gasteiger partial charge is 0.344 e. The average molecular weight is 351 g/mol. The van der Waals surface area contributed by atoms with E-state index in [1.807, 2.05) is 24.3 Å². The molecule has 7 nitrogen and oxygen atoms in total. The lowest BCUT2D eigenvalue weighted by molar-refractivity contribution is -0.137. The van der Waals surface area contributed by atoms with Gasteiger partial charge in [-0.1, -0.05) is 19.1 Å². The number of hydrogen-bond donors (Lipinski definition) is 2. The van der Waals surface area contributed by atoms with E-state index in [-0.39, 0.29) is 5.75 Å². The largest absolute Gasteiger partial charge is 0.497 e. The Morgan fingerprint density at radius 1 is 1.42 bits per heavy atom. The molecule has 8 heteroatoms. The van der Waals surface area contributed by atoms with Gasteiger partial charge in [-0.25, -0.2) is 4.79 Å². The van der Waals surface area contributed by atoms with E-state index in [0.717, 1.165) is 16.3 Å². The van der Waals surface area contributed by atoms with Crippen LogP contribution in [0, 0.1) is 0 Å². The molecular formula is C16H21N3O4S. The van der Waals surface area contributed by atoms with Crippen LogP contribution in [0.2, 0.25) is 0 Å². The van der Waals surface area contributed by atoms with Crippen molar-refractivity contribution in [2.24, 2.45) is 0 Å². The number of benzene rings is 1. The van der Waals surface area contributed by atoms with Crippen LogP contribution in [0.15, 0.2) is 24.3 Å². The Morgan fingerprint density at radius 3 is 2.79 bits per heavy atom. The highest BCUT2D eigenvalue weighted by molar-refractivity contribution is 7.99. The fourth-order valence-electron chi connectivity index (χ4n) is 2.21. The number of rotatable bonds is 7. The van der Waals surface area contributed by atoms with Gasteiger partial charge in [-0.2, -0.15) is 5.01 Å². The number of hydrogen-bond acceptors (Lipinski definition) is 5. The van der Waals surface area contributed by atoms with Crippen LogP contribution in [0.4, 0.5) is 4.79 Å². The van der Waals surface area contributed by atoms with Crippen molar-refractivity contribution in [2.45, 2.75) is 31.6 Å². The van der Waals surface area contributed by atoms with E-state index in [1.54, 1.807) is 21.0 Å². The number of carbonyl (C=O) groups excluding carboxylic acids is 3. The van der Waals surface area contributed by atoms with Gasteiger partial charge in [0, 0.05) is 5.75 Å². The highest BCUT2D eigenvalue weighted by atomic mass is 32.2. The molecule has 2 rings (SSSR count). The van der Waals surface area contributed by atoms with Crippen molar-refractivity contribution in [1.29, 1.82) is 0 Å². The molecule has 1 aromatic carbocycles. The predicted molar refractivity (Wildman–Crippen MR) is 91.4 cm³/mol. The van der Waals surface area contributed by atoms with Crippen LogP contribution in [0.3, 0.4) is 0 Å². The van der Waals surface area contributed by atoms with Crippen molar-refractivity contribution >= 4 is 29.6 Å².